The third-order valence-corrected chi connectivity index (χ3v) is 7.73. The lowest BCUT2D eigenvalue weighted by atomic mass is 9.67. The van der Waals surface area contributed by atoms with Crippen LogP contribution in [0.3, 0.4) is 0 Å². The Bertz CT molecular complexity index is 868. The minimum Gasteiger partial charge on any atom is -0.445 e. The molecule has 0 unspecified atom stereocenters. The van der Waals surface area contributed by atoms with Crippen molar-refractivity contribution in [3.8, 4) is 0 Å². The van der Waals surface area contributed by atoms with E-state index in [4.69, 9.17) is 4.74 Å². The molecule has 0 atom stereocenters. The SMILES string of the molecule is CC=CCOC(=O)N1CCC(N2CCC3(CCN(C(=O)N(C)C)c4ccccc43)CC2)CC1. The van der Waals surface area contributed by atoms with Crippen LogP contribution < -0.4 is 4.90 Å². The van der Waals surface area contributed by atoms with Crippen molar-refractivity contribution in [2.75, 3.05) is 58.3 Å². The molecule has 33 heavy (non-hydrogen) atoms. The molecular formula is C26H38N4O3. The molecule has 7 nitrogen and oxygen atoms in total. The molecular weight excluding hydrogens is 416 g/mol. The second-order valence-electron chi connectivity index (χ2n) is 9.78. The van der Waals surface area contributed by atoms with Gasteiger partial charge in [-0.25, -0.2) is 9.59 Å². The van der Waals surface area contributed by atoms with Crippen molar-refractivity contribution >= 4 is 17.8 Å². The smallest absolute Gasteiger partial charge is 0.410 e. The lowest BCUT2D eigenvalue weighted by molar-refractivity contribution is 0.0560. The maximum absolute atomic E-state index is 12.7. The van der Waals surface area contributed by atoms with Gasteiger partial charge in [0.15, 0.2) is 0 Å². The topological polar surface area (TPSA) is 56.3 Å². The number of allylic oxidation sites excluding steroid dienone is 1. The highest BCUT2D eigenvalue weighted by molar-refractivity contribution is 5.93. The largest absolute Gasteiger partial charge is 0.445 e. The number of benzene rings is 1. The number of piperidine rings is 2. The van der Waals surface area contributed by atoms with E-state index < -0.39 is 0 Å². The first-order valence-electron chi connectivity index (χ1n) is 12.3. The van der Waals surface area contributed by atoms with E-state index in [0.29, 0.717) is 12.6 Å². The standard InChI is InChI=1S/C26H38N4O3/c1-4-5-20-33-25(32)29-15-10-21(11-16-29)28-17-12-26(13-18-28)14-19-30(24(31)27(2)3)23-9-7-6-8-22(23)26/h4-9,21H,10-20H2,1-3H3. The van der Waals surface area contributed by atoms with Gasteiger partial charge in [-0.15, -0.1) is 0 Å². The molecule has 3 aliphatic rings. The number of rotatable bonds is 3. The summed E-state index contributed by atoms with van der Waals surface area (Å²) < 4.78 is 5.31. The van der Waals surface area contributed by atoms with Gasteiger partial charge in [0.1, 0.15) is 6.61 Å². The zero-order chi connectivity index (χ0) is 23.4. The van der Waals surface area contributed by atoms with Crippen molar-refractivity contribution in [1.29, 1.82) is 0 Å². The number of nitrogens with zero attached hydrogens (tertiary/aromatic N) is 4. The molecule has 1 aromatic carbocycles. The first kappa shape index (κ1) is 23.6. The normalized spacial score (nSPS) is 21.3. The first-order chi connectivity index (χ1) is 15.9. The van der Waals surface area contributed by atoms with Crippen molar-refractivity contribution < 1.29 is 14.3 Å². The van der Waals surface area contributed by atoms with Crippen LogP contribution in [0.25, 0.3) is 0 Å². The van der Waals surface area contributed by atoms with Crippen LogP contribution in [0.15, 0.2) is 36.4 Å². The molecule has 2 saturated heterocycles. The minimum atomic E-state index is -0.195. The zero-order valence-corrected chi connectivity index (χ0v) is 20.3. The van der Waals surface area contributed by atoms with Gasteiger partial charge in [0.25, 0.3) is 0 Å². The van der Waals surface area contributed by atoms with Gasteiger partial charge in [-0.2, -0.15) is 0 Å². The zero-order valence-electron chi connectivity index (χ0n) is 20.3. The molecule has 0 radical (unpaired) electrons. The molecule has 3 amide bonds. The van der Waals surface area contributed by atoms with Crippen LogP contribution in [-0.4, -0.2) is 86.3 Å². The van der Waals surface area contributed by atoms with Crippen molar-refractivity contribution in [1.82, 2.24) is 14.7 Å². The molecule has 3 aliphatic heterocycles. The highest BCUT2D eigenvalue weighted by Crippen LogP contribution is 2.47. The number of hydrogen-bond acceptors (Lipinski definition) is 4. The highest BCUT2D eigenvalue weighted by atomic mass is 16.6. The molecule has 3 heterocycles. The van der Waals surface area contributed by atoms with E-state index in [9.17, 15) is 9.59 Å². The Balaban J connectivity index is 1.36. The Labute approximate surface area is 197 Å². The third-order valence-electron chi connectivity index (χ3n) is 7.73. The number of anilines is 1. The van der Waals surface area contributed by atoms with Gasteiger partial charge in [-0.05, 0) is 63.7 Å². The maximum Gasteiger partial charge on any atom is 0.410 e. The summed E-state index contributed by atoms with van der Waals surface area (Å²) in [7, 11) is 3.64. The van der Waals surface area contributed by atoms with Crippen molar-refractivity contribution in [2.45, 2.75) is 50.5 Å². The van der Waals surface area contributed by atoms with Crippen molar-refractivity contribution in [3.05, 3.63) is 42.0 Å². The molecule has 0 bridgehead atoms. The van der Waals surface area contributed by atoms with Crippen LogP contribution in [0, 0.1) is 0 Å². The second kappa shape index (κ2) is 10.2. The lowest BCUT2D eigenvalue weighted by Crippen LogP contribution is -2.54. The Morgan fingerprint density at radius 1 is 1.06 bits per heavy atom. The predicted octanol–water partition coefficient (Wildman–Crippen LogP) is 4.09. The monoisotopic (exact) mass is 454 g/mol. The van der Waals surface area contributed by atoms with Crippen LogP contribution in [0.5, 0.6) is 0 Å². The predicted molar refractivity (Wildman–Crippen MR) is 131 cm³/mol. The molecule has 1 spiro atoms. The van der Waals surface area contributed by atoms with Gasteiger partial charge in [0, 0.05) is 50.9 Å². The fourth-order valence-electron chi connectivity index (χ4n) is 5.74. The number of para-hydroxylation sites is 1. The van der Waals surface area contributed by atoms with E-state index in [1.807, 2.05) is 49.0 Å². The van der Waals surface area contributed by atoms with Crippen LogP contribution in [0.4, 0.5) is 15.3 Å². The summed E-state index contributed by atoms with van der Waals surface area (Å²) in [6.45, 7) is 6.74. The van der Waals surface area contributed by atoms with E-state index in [0.717, 1.165) is 70.5 Å². The summed E-state index contributed by atoms with van der Waals surface area (Å²) >= 11 is 0. The van der Waals surface area contributed by atoms with E-state index in [1.54, 1.807) is 4.90 Å². The summed E-state index contributed by atoms with van der Waals surface area (Å²) in [6, 6.07) is 9.09. The summed E-state index contributed by atoms with van der Waals surface area (Å²) in [6.07, 6.45) is 8.84. The third kappa shape index (κ3) is 4.88. The molecule has 7 heteroatoms. The van der Waals surface area contributed by atoms with E-state index in [2.05, 4.69) is 23.1 Å². The lowest BCUT2D eigenvalue weighted by Gasteiger charge is -2.50. The number of ether oxygens (including phenoxy) is 1. The number of amides is 3. The van der Waals surface area contributed by atoms with Crippen LogP contribution >= 0.6 is 0 Å². The maximum atomic E-state index is 12.7. The quantitative estimate of drug-likeness (QED) is 0.646. The molecule has 0 N–H and O–H groups in total. The summed E-state index contributed by atoms with van der Waals surface area (Å²) in [5.41, 5.74) is 2.58. The fourth-order valence-corrected chi connectivity index (χ4v) is 5.74. The number of likely N-dealkylation sites (tertiary alicyclic amines) is 2. The Hall–Kier alpha value is -2.54. The van der Waals surface area contributed by atoms with Crippen molar-refractivity contribution in [3.63, 3.8) is 0 Å². The molecule has 1 aromatic rings. The molecule has 0 aliphatic carbocycles. The fraction of sp³-hybridized carbons (Fsp3) is 0.615. The van der Waals surface area contributed by atoms with Gasteiger partial charge in [0.2, 0.25) is 0 Å². The number of carbonyl (C=O) groups excluding carboxylic acids is 2. The van der Waals surface area contributed by atoms with Gasteiger partial charge in [-0.1, -0.05) is 30.4 Å². The van der Waals surface area contributed by atoms with Gasteiger partial charge < -0.3 is 19.4 Å². The second-order valence-corrected chi connectivity index (χ2v) is 9.78. The Morgan fingerprint density at radius 3 is 2.39 bits per heavy atom. The molecule has 4 rings (SSSR count). The average molecular weight is 455 g/mol. The van der Waals surface area contributed by atoms with Crippen molar-refractivity contribution in [2.24, 2.45) is 0 Å². The van der Waals surface area contributed by atoms with Crippen LogP contribution in [-0.2, 0) is 10.2 Å². The number of hydrogen-bond donors (Lipinski definition) is 0. The van der Waals surface area contributed by atoms with Gasteiger partial charge in [0.05, 0.1) is 0 Å². The summed E-state index contributed by atoms with van der Waals surface area (Å²) in [5.74, 6) is 0. The van der Waals surface area contributed by atoms with Crippen LogP contribution in [0.2, 0.25) is 0 Å². The number of urea groups is 1. The molecule has 0 aromatic heterocycles. The van der Waals surface area contributed by atoms with Crippen LogP contribution in [0.1, 0.15) is 44.6 Å². The first-order valence-corrected chi connectivity index (χ1v) is 12.3. The Kier molecular flexibility index (Phi) is 7.27. The Morgan fingerprint density at radius 2 is 1.73 bits per heavy atom. The molecule has 0 saturated carbocycles. The van der Waals surface area contributed by atoms with E-state index >= 15 is 0 Å². The summed E-state index contributed by atoms with van der Waals surface area (Å²) in [5, 5.41) is 0. The number of fused-ring (bicyclic) bond motifs is 2. The summed E-state index contributed by atoms with van der Waals surface area (Å²) in [4.78, 5) is 33.0. The molecule has 180 valence electrons. The highest BCUT2D eigenvalue weighted by Gasteiger charge is 2.43. The van der Waals surface area contributed by atoms with Gasteiger partial charge in [-0.3, -0.25) is 4.90 Å². The average Bonchev–Trinajstić information content (AvgIpc) is 2.85. The van der Waals surface area contributed by atoms with E-state index in [1.165, 1.54) is 5.56 Å². The van der Waals surface area contributed by atoms with E-state index in [-0.39, 0.29) is 17.5 Å². The molecule has 2 fully saturated rings. The van der Waals surface area contributed by atoms with Gasteiger partial charge >= 0.3 is 12.1 Å². The minimum absolute atomic E-state index is 0.0609. The number of carbonyl (C=O) groups is 2.